The number of amides is 2. The van der Waals surface area contributed by atoms with Gasteiger partial charge in [-0.05, 0) is 42.5 Å². The van der Waals surface area contributed by atoms with Crippen molar-refractivity contribution in [2.24, 2.45) is 0 Å². The van der Waals surface area contributed by atoms with Gasteiger partial charge in [0.2, 0.25) is 5.91 Å². The Labute approximate surface area is 153 Å². The van der Waals surface area contributed by atoms with E-state index < -0.39 is 12.1 Å². The maximum atomic E-state index is 12.6. The molecule has 1 atom stereocenters. The summed E-state index contributed by atoms with van der Waals surface area (Å²) in [6.07, 6.45) is 3.49. The molecule has 26 heavy (non-hydrogen) atoms. The molecule has 0 saturated carbocycles. The summed E-state index contributed by atoms with van der Waals surface area (Å²) in [5, 5.41) is 2.82. The number of carbonyl (C=O) groups excluding carboxylic acids is 2. The molecule has 1 unspecified atom stereocenters. The second-order valence-corrected chi connectivity index (χ2v) is 6.28. The van der Waals surface area contributed by atoms with Crippen LogP contribution in [0.3, 0.4) is 0 Å². The molecule has 3 rings (SSSR count). The first-order valence-corrected chi connectivity index (χ1v) is 8.90. The molecular weight excluding hydrogens is 330 g/mol. The quantitative estimate of drug-likeness (QED) is 0.894. The van der Waals surface area contributed by atoms with Crippen LogP contribution in [0.4, 0.5) is 10.6 Å². The number of carbonyl (C=O) groups is 2. The van der Waals surface area contributed by atoms with Crippen LogP contribution in [0.15, 0.2) is 48.7 Å². The molecule has 6 nitrogen and oxygen atoms in total. The number of nitrogens with one attached hydrogen (secondary N) is 1. The lowest BCUT2D eigenvalue weighted by Gasteiger charge is -2.23. The van der Waals surface area contributed by atoms with Crippen LogP contribution in [-0.2, 0) is 22.6 Å². The Hall–Kier alpha value is -2.89. The molecule has 2 amide bonds. The number of aryl methyl sites for hydroxylation is 1. The van der Waals surface area contributed by atoms with Gasteiger partial charge in [-0.15, -0.1) is 0 Å². The third kappa shape index (κ3) is 4.39. The van der Waals surface area contributed by atoms with Crippen molar-refractivity contribution in [3.63, 3.8) is 0 Å². The van der Waals surface area contributed by atoms with Crippen molar-refractivity contribution >= 4 is 17.8 Å². The highest BCUT2D eigenvalue weighted by Crippen LogP contribution is 2.20. The molecule has 136 valence electrons. The van der Waals surface area contributed by atoms with Gasteiger partial charge in [0.05, 0.1) is 0 Å². The Morgan fingerprint density at radius 1 is 1.23 bits per heavy atom. The number of rotatable bonds is 5. The molecule has 1 N–H and O–H groups in total. The largest absolute Gasteiger partial charge is 0.445 e. The van der Waals surface area contributed by atoms with Crippen molar-refractivity contribution in [2.75, 3.05) is 11.9 Å². The average Bonchev–Trinajstić information content (AvgIpc) is 3.17. The second kappa shape index (κ2) is 8.47. The van der Waals surface area contributed by atoms with E-state index in [4.69, 9.17) is 4.74 Å². The van der Waals surface area contributed by atoms with Crippen molar-refractivity contribution in [3.05, 3.63) is 59.8 Å². The predicted molar refractivity (Wildman–Crippen MR) is 98.6 cm³/mol. The van der Waals surface area contributed by atoms with Gasteiger partial charge in [-0.1, -0.05) is 37.3 Å². The Morgan fingerprint density at radius 3 is 2.81 bits per heavy atom. The minimum Gasteiger partial charge on any atom is -0.445 e. The minimum atomic E-state index is -0.523. The SMILES string of the molecule is CCc1ccnc(NC(=O)C2CCCN2C(=O)OCc2ccccc2)c1. The standard InChI is InChI=1S/C20H23N3O3/c1-2-15-10-11-21-18(13-15)22-19(24)17-9-6-12-23(17)20(25)26-14-16-7-4-3-5-8-16/h3-5,7-8,10-11,13,17H,2,6,9,12,14H2,1H3,(H,21,22,24). The molecule has 1 aliphatic heterocycles. The maximum absolute atomic E-state index is 12.6. The average molecular weight is 353 g/mol. The van der Waals surface area contributed by atoms with Crippen LogP contribution in [0.25, 0.3) is 0 Å². The van der Waals surface area contributed by atoms with Gasteiger partial charge >= 0.3 is 6.09 Å². The predicted octanol–water partition coefficient (Wildman–Crippen LogP) is 3.38. The lowest BCUT2D eigenvalue weighted by molar-refractivity contribution is -0.120. The molecule has 0 aliphatic carbocycles. The topological polar surface area (TPSA) is 71.5 Å². The van der Waals surface area contributed by atoms with Crippen molar-refractivity contribution in [1.82, 2.24) is 9.88 Å². The Balaban J connectivity index is 1.59. The van der Waals surface area contributed by atoms with E-state index in [1.54, 1.807) is 6.20 Å². The van der Waals surface area contributed by atoms with Crippen molar-refractivity contribution < 1.29 is 14.3 Å². The van der Waals surface area contributed by atoms with Crippen LogP contribution >= 0.6 is 0 Å². The number of hydrogen-bond donors (Lipinski definition) is 1. The van der Waals surface area contributed by atoms with Crippen molar-refractivity contribution in [1.29, 1.82) is 0 Å². The van der Waals surface area contributed by atoms with Crippen LogP contribution in [-0.4, -0.2) is 34.5 Å². The van der Waals surface area contributed by atoms with Gasteiger partial charge in [-0.3, -0.25) is 9.69 Å². The number of nitrogens with zero attached hydrogens (tertiary/aromatic N) is 2. The summed E-state index contributed by atoms with van der Waals surface area (Å²) in [6, 6.07) is 12.7. The fraction of sp³-hybridized carbons (Fsp3) is 0.350. The third-order valence-electron chi connectivity index (χ3n) is 4.48. The van der Waals surface area contributed by atoms with Gasteiger partial charge in [0, 0.05) is 12.7 Å². The van der Waals surface area contributed by atoms with Crippen LogP contribution in [0.2, 0.25) is 0 Å². The van der Waals surface area contributed by atoms with E-state index in [1.165, 1.54) is 4.90 Å². The number of aromatic nitrogens is 1. The zero-order valence-electron chi connectivity index (χ0n) is 14.9. The molecule has 0 bridgehead atoms. The molecule has 2 heterocycles. The fourth-order valence-corrected chi connectivity index (χ4v) is 3.03. The number of anilines is 1. The Morgan fingerprint density at radius 2 is 2.04 bits per heavy atom. The maximum Gasteiger partial charge on any atom is 0.410 e. The Bertz CT molecular complexity index is 764. The third-order valence-corrected chi connectivity index (χ3v) is 4.48. The number of benzene rings is 1. The first-order chi connectivity index (χ1) is 12.7. The summed E-state index contributed by atoms with van der Waals surface area (Å²) in [6.45, 7) is 2.77. The van der Waals surface area contributed by atoms with Crippen molar-refractivity contribution in [3.8, 4) is 0 Å². The lowest BCUT2D eigenvalue weighted by atomic mass is 10.2. The summed E-state index contributed by atoms with van der Waals surface area (Å²) in [5.41, 5.74) is 2.02. The van der Waals surface area contributed by atoms with Gasteiger partial charge in [0.15, 0.2) is 0 Å². The summed E-state index contributed by atoms with van der Waals surface area (Å²) in [5.74, 6) is 0.291. The fourth-order valence-electron chi connectivity index (χ4n) is 3.03. The van der Waals surface area contributed by atoms with E-state index in [9.17, 15) is 9.59 Å². The molecule has 1 aromatic carbocycles. The first-order valence-electron chi connectivity index (χ1n) is 8.90. The van der Waals surface area contributed by atoms with Crippen LogP contribution in [0, 0.1) is 0 Å². The van der Waals surface area contributed by atoms with Crippen LogP contribution in [0.5, 0.6) is 0 Å². The van der Waals surface area contributed by atoms with Crippen molar-refractivity contribution in [2.45, 2.75) is 38.8 Å². The normalized spacial score (nSPS) is 16.3. The second-order valence-electron chi connectivity index (χ2n) is 6.28. The summed E-state index contributed by atoms with van der Waals surface area (Å²) < 4.78 is 5.37. The molecule has 0 spiro atoms. The molecule has 1 aromatic heterocycles. The van der Waals surface area contributed by atoms with Gasteiger partial charge < -0.3 is 10.1 Å². The first kappa shape index (κ1) is 17.9. The van der Waals surface area contributed by atoms with Gasteiger partial charge in [-0.25, -0.2) is 9.78 Å². The lowest BCUT2D eigenvalue weighted by Crippen LogP contribution is -2.43. The zero-order valence-corrected chi connectivity index (χ0v) is 14.9. The van der Waals surface area contributed by atoms with E-state index >= 15 is 0 Å². The molecule has 6 heteroatoms. The molecule has 0 radical (unpaired) electrons. The highest BCUT2D eigenvalue weighted by atomic mass is 16.6. The molecule has 1 aliphatic rings. The zero-order chi connectivity index (χ0) is 18.4. The molecule has 1 fully saturated rings. The highest BCUT2D eigenvalue weighted by Gasteiger charge is 2.35. The smallest absolute Gasteiger partial charge is 0.410 e. The number of hydrogen-bond acceptors (Lipinski definition) is 4. The van der Waals surface area contributed by atoms with Gasteiger partial charge in [0.1, 0.15) is 18.5 Å². The molecular formula is C20H23N3O3. The number of ether oxygens (including phenoxy) is 1. The minimum absolute atomic E-state index is 0.199. The van der Waals surface area contributed by atoms with Gasteiger partial charge in [-0.2, -0.15) is 0 Å². The summed E-state index contributed by atoms with van der Waals surface area (Å²) >= 11 is 0. The van der Waals surface area contributed by atoms with Crippen LogP contribution < -0.4 is 5.32 Å². The number of likely N-dealkylation sites (tertiary alicyclic amines) is 1. The van der Waals surface area contributed by atoms with E-state index in [0.29, 0.717) is 18.8 Å². The Kier molecular flexibility index (Phi) is 5.84. The summed E-state index contributed by atoms with van der Waals surface area (Å²) in [7, 11) is 0. The number of pyridine rings is 1. The van der Waals surface area contributed by atoms with E-state index in [0.717, 1.165) is 24.0 Å². The summed E-state index contributed by atoms with van der Waals surface area (Å²) in [4.78, 5) is 30.7. The van der Waals surface area contributed by atoms with Gasteiger partial charge in [0.25, 0.3) is 0 Å². The highest BCUT2D eigenvalue weighted by molar-refractivity contribution is 5.96. The van der Waals surface area contributed by atoms with E-state index in [-0.39, 0.29) is 12.5 Å². The molecule has 2 aromatic rings. The van der Waals surface area contributed by atoms with E-state index in [1.807, 2.05) is 49.4 Å². The van der Waals surface area contributed by atoms with Crippen LogP contribution in [0.1, 0.15) is 30.9 Å². The monoisotopic (exact) mass is 353 g/mol. The van der Waals surface area contributed by atoms with E-state index in [2.05, 4.69) is 10.3 Å². The molecule has 1 saturated heterocycles.